The lowest BCUT2D eigenvalue weighted by atomic mass is 9.99. The van der Waals surface area contributed by atoms with Crippen LogP contribution in [-0.2, 0) is 14.3 Å². The molecule has 1 aliphatic heterocycles. The number of carbonyl (C=O) groups is 1. The van der Waals surface area contributed by atoms with Gasteiger partial charge in [0.15, 0.2) is 6.29 Å². The number of allylic oxidation sites excluding steroid dienone is 3. The first-order chi connectivity index (χ1) is 36.3. The lowest BCUT2D eigenvalue weighted by Gasteiger charge is -2.40. The fraction of sp³-hybridized carbons (Fsp3) is 0.923. The van der Waals surface area contributed by atoms with Gasteiger partial charge in [-0.1, -0.05) is 314 Å². The van der Waals surface area contributed by atoms with Crippen LogP contribution in [0.25, 0.3) is 0 Å². The summed E-state index contributed by atoms with van der Waals surface area (Å²) in [7, 11) is 0. The molecule has 1 amide bonds. The molecule has 7 unspecified atom stereocenters. The largest absolute Gasteiger partial charge is 0.394 e. The third-order valence-electron chi connectivity index (χ3n) is 15.8. The molecule has 0 aromatic rings. The van der Waals surface area contributed by atoms with E-state index in [0.717, 1.165) is 38.5 Å². The molecule has 0 spiro atoms. The first-order valence-electron chi connectivity index (χ1n) is 32.6. The van der Waals surface area contributed by atoms with E-state index in [-0.39, 0.29) is 12.5 Å². The van der Waals surface area contributed by atoms with Gasteiger partial charge in [-0.2, -0.15) is 0 Å². The quantitative estimate of drug-likeness (QED) is 0.0261. The summed E-state index contributed by atoms with van der Waals surface area (Å²) in [6.45, 7) is 3.80. The van der Waals surface area contributed by atoms with Crippen molar-refractivity contribution in [2.24, 2.45) is 0 Å². The third kappa shape index (κ3) is 43.6. The number of nitrogens with one attached hydrogen (secondary N) is 1. The number of aliphatic hydroxyl groups excluding tert-OH is 5. The van der Waals surface area contributed by atoms with E-state index in [1.165, 1.54) is 270 Å². The number of hydrogen-bond acceptors (Lipinski definition) is 8. The second-order valence-electron chi connectivity index (χ2n) is 22.9. The van der Waals surface area contributed by atoms with Crippen molar-refractivity contribution in [1.82, 2.24) is 5.32 Å². The van der Waals surface area contributed by atoms with E-state index >= 15 is 0 Å². The summed E-state index contributed by atoms with van der Waals surface area (Å²) < 4.78 is 11.3. The molecule has 0 aromatic carbocycles. The standard InChI is InChI=1S/C65H125NO8/c1-3-5-7-9-11-13-15-17-19-21-22-23-24-25-26-27-28-29-30-31-32-33-34-35-36-37-38-39-41-43-45-47-49-51-53-55-61(69)66-58(57-73-65-64(72)63(71)62(70)60(56-67)74-65)59(68)54-52-50-48-46-44-42-40-20-18-16-14-12-10-8-6-4-2/h44,46,52,54,58-60,62-65,67-68,70-72H,3-43,45,47-51,53,55-57H2,1-2H3,(H,66,69)/b46-44+,54-52+. The number of carbonyl (C=O) groups excluding carboxylic acids is 1. The number of ether oxygens (including phenoxy) is 2. The molecule has 1 aliphatic rings. The first kappa shape index (κ1) is 70.7. The molecule has 438 valence electrons. The Labute approximate surface area is 458 Å². The van der Waals surface area contributed by atoms with Crippen molar-refractivity contribution in [3.63, 3.8) is 0 Å². The summed E-state index contributed by atoms with van der Waals surface area (Å²) in [6.07, 6.45) is 64.3. The van der Waals surface area contributed by atoms with E-state index in [4.69, 9.17) is 9.47 Å². The second kappa shape index (κ2) is 55.0. The summed E-state index contributed by atoms with van der Waals surface area (Å²) >= 11 is 0. The highest BCUT2D eigenvalue weighted by molar-refractivity contribution is 5.76. The van der Waals surface area contributed by atoms with E-state index < -0.39 is 49.5 Å². The molecule has 1 rings (SSSR count). The fourth-order valence-corrected chi connectivity index (χ4v) is 10.6. The normalized spacial score (nSPS) is 19.0. The Kier molecular flexibility index (Phi) is 52.5. The van der Waals surface area contributed by atoms with Crippen LogP contribution in [0.15, 0.2) is 24.3 Å². The maximum absolute atomic E-state index is 13.1. The summed E-state index contributed by atoms with van der Waals surface area (Å²) in [5.74, 6) is -0.180. The number of hydrogen-bond donors (Lipinski definition) is 6. The van der Waals surface area contributed by atoms with Crippen LogP contribution in [0, 0.1) is 0 Å². The number of rotatable bonds is 57. The van der Waals surface area contributed by atoms with Crippen LogP contribution < -0.4 is 5.32 Å². The van der Waals surface area contributed by atoms with E-state index in [1.54, 1.807) is 6.08 Å². The van der Waals surface area contributed by atoms with Gasteiger partial charge in [0.25, 0.3) is 0 Å². The van der Waals surface area contributed by atoms with Gasteiger partial charge >= 0.3 is 0 Å². The molecule has 0 bridgehead atoms. The summed E-state index contributed by atoms with van der Waals surface area (Å²) in [4.78, 5) is 13.1. The number of aliphatic hydroxyl groups is 5. The molecule has 0 aliphatic carbocycles. The highest BCUT2D eigenvalue weighted by Gasteiger charge is 2.44. The van der Waals surface area contributed by atoms with E-state index in [1.807, 2.05) is 6.08 Å². The number of amides is 1. The van der Waals surface area contributed by atoms with Crippen LogP contribution in [0.4, 0.5) is 0 Å². The third-order valence-corrected chi connectivity index (χ3v) is 15.8. The molecule has 1 heterocycles. The molecule has 0 aromatic heterocycles. The molecule has 6 N–H and O–H groups in total. The van der Waals surface area contributed by atoms with Crippen molar-refractivity contribution < 1.29 is 39.8 Å². The molecule has 9 nitrogen and oxygen atoms in total. The molecule has 9 heteroatoms. The average molecular weight is 1050 g/mol. The predicted molar refractivity (Wildman–Crippen MR) is 314 cm³/mol. The molecule has 0 radical (unpaired) electrons. The average Bonchev–Trinajstić information content (AvgIpc) is 3.40. The van der Waals surface area contributed by atoms with Crippen molar-refractivity contribution in [3.8, 4) is 0 Å². The smallest absolute Gasteiger partial charge is 0.220 e. The van der Waals surface area contributed by atoms with Crippen LogP contribution in [0.2, 0.25) is 0 Å². The highest BCUT2D eigenvalue weighted by Crippen LogP contribution is 2.23. The summed E-state index contributed by atoms with van der Waals surface area (Å²) in [5, 5.41) is 54.5. The van der Waals surface area contributed by atoms with E-state index in [0.29, 0.717) is 6.42 Å². The van der Waals surface area contributed by atoms with Crippen molar-refractivity contribution in [3.05, 3.63) is 24.3 Å². The van der Waals surface area contributed by atoms with Gasteiger partial charge < -0.3 is 40.3 Å². The SMILES string of the molecule is CCCCCCCCCCCC/C=C/CC/C=C/C(O)C(COC1OC(CO)C(O)C(O)C1O)NC(=O)CCCCCCCCCCCCCCCCCCCCCCCCCCCCCCCCCCCCC. The van der Waals surface area contributed by atoms with Crippen LogP contribution in [0.3, 0.4) is 0 Å². The Morgan fingerprint density at radius 1 is 0.446 bits per heavy atom. The Bertz CT molecular complexity index is 1210. The predicted octanol–water partition coefficient (Wildman–Crippen LogP) is 16.9. The van der Waals surface area contributed by atoms with Gasteiger partial charge in [0.1, 0.15) is 24.4 Å². The second-order valence-corrected chi connectivity index (χ2v) is 22.9. The van der Waals surface area contributed by atoms with Gasteiger partial charge in [0.2, 0.25) is 5.91 Å². The van der Waals surface area contributed by atoms with Gasteiger partial charge in [0, 0.05) is 6.42 Å². The van der Waals surface area contributed by atoms with Gasteiger partial charge in [-0.3, -0.25) is 4.79 Å². The maximum Gasteiger partial charge on any atom is 0.220 e. The molecule has 0 saturated carbocycles. The molecule has 1 saturated heterocycles. The topological polar surface area (TPSA) is 149 Å². The van der Waals surface area contributed by atoms with Crippen LogP contribution >= 0.6 is 0 Å². The van der Waals surface area contributed by atoms with Crippen LogP contribution in [0.5, 0.6) is 0 Å². The Morgan fingerprint density at radius 3 is 1.14 bits per heavy atom. The maximum atomic E-state index is 13.1. The monoisotopic (exact) mass is 1050 g/mol. The van der Waals surface area contributed by atoms with Crippen molar-refractivity contribution >= 4 is 5.91 Å². The van der Waals surface area contributed by atoms with Gasteiger partial charge in [-0.15, -0.1) is 0 Å². The summed E-state index contributed by atoms with van der Waals surface area (Å²) in [5.41, 5.74) is 0. The van der Waals surface area contributed by atoms with Crippen LogP contribution in [0.1, 0.15) is 328 Å². The van der Waals surface area contributed by atoms with E-state index in [2.05, 4.69) is 31.3 Å². The van der Waals surface area contributed by atoms with E-state index in [9.17, 15) is 30.3 Å². The zero-order valence-electron chi connectivity index (χ0n) is 48.9. The van der Waals surface area contributed by atoms with Gasteiger partial charge in [0.05, 0.1) is 25.4 Å². The van der Waals surface area contributed by atoms with Crippen molar-refractivity contribution in [2.75, 3.05) is 13.2 Å². The first-order valence-corrected chi connectivity index (χ1v) is 32.6. The van der Waals surface area contributed by atoms with Crippen LogP contribution in [-0.4, -0.2) is 87.5 Å². The molecule has 74 heavy (non-hydrogen) atoms. The fourth-order valence-electron chi connectivity index (χ4n) is 10.6. The minimum Gasteiger partial charge on any atom is -0.394 e. The molecular weight excluding hydrogens is 923 g/mol. The zero-order valence-corrected chi connectivity index (χ0v) is 48.9. The van der Waals surface area contributed by atoms with Gasteiger partial charge in [-0.05, 0) is 32.1 Å². The molecule has 1 fully saturated rings. The minimum absolute atomic E-state index is 0.180. The van der Waals surface area contributed by atoms with Gasteiger partial charge in [-0.25, -0.2) is 0 Å². The minimum atomic E-state index is -1.57. The molecule has 7 atom stereocenters. The highest BCUT2D eigenvalue weighted by atomic mass is 16.7. The molecular formula is C65H125NO8. The van der Waals surface area contributed by atoms with Crippen molar-refractivity contribution in [1.29, 1.82) is 0 Å². The lowest BCUT2D eigenvalue weighted by Crippen LogP contribution is -2.60. The zero-order chi connectivity index (χ0) is 53.6. The van der Waals surface area contributed by atoms with Crippen molar-refractivity contribution in [2.45, 2.75) is 371 Å². The Hall–Kier alpha value is -1.33. The number of unbranched alkanes of at least 4 members (excludes halogenated alkanes) is 45. The summed E-state index contributed by atoms with van der Waals surface area (Å²) in [6, 6.07) is -0.818. The lowest BCUT2D eigenvalue weighted by molar-refractivity contribution is -0.302. The Balaban J connectivity index is 2.08. The Morgan fingerprint density at radius 2 is 0.770 bits per heavy atom.